The SMILES string of the molecule is Cc1ccc(C=NNC(=O)c2cccc(O)c2)cc1C. The Morgan fingerprint density at radius 1 is 1.15 bits per heavy atom. The van der Waals surface area contributed by atoms with Crippen LogP contribution in [0.4, 0.5) is 0 Å². The van der Waals surface area contributed by atoms with Crippen molar-refractivity contribution >= 4 is 12.1 Å². The summed E-state index contributed by atoms with van der Waals surface area (Å²) in [4.78, 5) is 11.8. The number of phenolic OH excluding ortho intramolecular Hbond substituents is 1. The minimum absolute atomic E-state index is 0.0517. The van der Waals surface area contributed by atoms with Crippen molar-refractivity contribution in [2.75, 3.05) is 0 Å². The van der Waals surface area contributed by atoms with Crippen LogP contribution in [0.2, 0.25) is 0 Å². The molecular formula is C16H16N2O2. The number of aryl methyl sites for hydroxylation is 2. The van der Waals surface area contributed by atoms with Crippen molar-refractivity contribution in [3.8, 4) is 5.75 Å². The van der Waals surface area contributed by atoms with Crippen LogP contribution in [-0.4, -0.2) is 17.2 Å². The number of carbonyl (C=O) groups is 1. The molecule has 2 aromatic rings. The summed E-state index contributed by atoms with van der Waals surface area (Å²) < 4.78 is 0. The topological polar surface area (TPSA) is 61.7 Å². The Morgan fingerprint density at radius 3 is 2.65 bits per heavy atom. The lowest BCUT2D eigenvalue weighted by Gasteiger charge is -2.02. The van der Waals surface area contributed by atoms with Crippen LogP contribution in [0.15, 0.2) is 47.6 Å². The number of nitrogens with zero attached hydrogens (tertiary/aromatic N) is 1. The fraction of sp³-hybridized carbons (Fsp3) is 0.125. The van der Waals surface area contributed by atoms with Gasteiger partial charge in [0.25, 0.3) is 5.91 Å². The quantitative estimate of drug-likeness (QED) is 0.664. The summed E-state index contributed by atoms with van der Waals surface area (Å²) in [7, 11) is 0. The van der Waals surface area contributed by atoms with Gasteiger partial charge in [0, 0.05) is 5.56 Å². The Hall–Kier alpha value is -2.62. The highest BCUT2D eigenvalue weighted by atomic mass is 16.3. The molecule has 0 aliphatic heterocycles. The van der Waals surface area contributed by atoms with Crippen LogP contribution >= 0.6 is 0 Å². The summed E-state index contributed by atoms with van der Waals surface area (Å²) in [5, 5.41) is 13.2. The average Bonchev–Trinajstić information content (AvgIpc) is 2.42. The summed E-state index contributed by atoms with van der Waals surface area (Å²) in [5.74, 6) is -0.309. The summed E-state index contributed by atoms with van der Waals surface area (Å²) in [6.45, 7) is 4.07. The van der Waals surface area contributed by atoms with E-state index in [2.05, 4.69) is 10.5 Å². The van der Waals surface area contributed by atoms with E-state index in [4.69, 9.17) is 0 Å². The van der Waals surface area contributed by atoms with Gasteiger partial charge in [0.2, 0.25) is 0 Å². The second-order valence-corrected chi connectivity index (χ2v) is 4.59. The second-order valence-electron chi connectivity index (χ2n) is 4.59. The first-order chi connectivity index (χ1) is 9.56. The maximum Gasteiger partial charge on any atom is 0.271 e. The number of amides is 1. The van der Waals surface area contributed by atoms with E-state index in [-0.39, 0.29) is 11.7 Å². The van der Waals surface area contributed by atoms with Gasteiger partial charge >= 0.3 is 0 Å². The zero-order valence-corrected chi connectivity index (χ0v) is 11.4. The predicted octanol–water partition coefficient (Wildman–Crippen LogP) is 2.77. The van der Waals surface area contributed by atoms with E-state index in [1.807, 2.05) is 32.0 Å². The monoisotopic (exact) mass is 268 g/mol. The molecule has 1 amide bonds. The van der Waals surface area contributed by atoms with Crippen molar-refractivity contribution in [3.05, 3.63) is 64.7 Å². The molecule has 2 aromatic carbocycles. The molecule has 4 heteroatoms. The van der Waals surface area contributed by atoms with Crippen molar-refractivity contribution < 1.29 is 9.90 Å². The Balaban J connectivity index is 2.02. The van der Waals surface area contributed by atoms with Crippen molar-refractivity contribution in [2.24, 2.45) is 5.10 Å². The van der Waals surface area contributed by atoms with Gasteiger partial charge in [0.05, 0.1) is 6.21 Å². The lowest BCUT2D eigenvalue weighted by Crippen LogP contribution is -2.17. The molecule has 0 unspecified atom stereocenters. The van der Waals surface area contributed by atoms with E-state index in [0.29, 0.717) is 5.56 Å². The van der Waals surface area contributed by atoms with Gasteiger partial charge in [-0.15, -0.1) is 0 Å². The van der Waals surface area contributed by atoms with Crippen LogP contribution in [0.3, 0.4) is 0 Å². The van der Waals surface area contributed by atoms with Gasteiger partial charge in [-0.25, -0.2) is 5.43 Å². The van der Waals surface area contributed by atoms with E-state index in [0.717, 1.165) is 5.56 Å². The second kappa shape index (κ2) is 6.02. The molecule has 0 bridgehead atoms. The van der Waals surface area contributed by atoms with Crippen molar-refractivity contribution in [3.63, 3.8) is 0 Å². The number of hydrogen-bond acceptors (Lipinski definition) is 3. The molecule has 0 fully saturated rings. The molecule has 102 valence electrons. The van der Waals surface area contributed by atoms with Crippen LogP contribution < -0.4 is 5.43 Å². The molecular weight excluding hydrogens is 252 g/mol. The number of phenols is 1. The zero-order valence-electron chi connectivity index (χ0n) is 11.4. The molecule has 0 radical (unpaired) electrons. The summed E-state index contributed by atoms with van der Waals surface area (Å²) in [6.07, 6.45) is 1.59. The third-order valence-electron chi connectivity index (χ3n) is 3.02. The third kappa shape index (κ3) is 3.45. The van der Waals surface area contributed by atoms with Gasteiger partial charge in [-0.3, -0.25) is 4.79 Å². The maximum absolute atomic E-state index is 11.8. The van der Waals surface area contributed by atoms with Gasteiger partial charge in [0.15, 0.2) is 0 Å². The molecule has 0 atom stereocenters. The van der Waals surface area contributed by atoms with Gasteiger partial charge < -0.3 is 5.11 Å². The minimum atomic E-state index is -0.360. The zero-order chi connectivity index (χ0) is 14.5. The van der Waals surface area contributed by atoms with Crippen molar-refractivity contribution in [1.82, 2.24) is 5.43 Å². The Morgan fingerprint density at radius 2 is 1.95 bits per heavy atom. The molecule has 0 aliphatic rings. The minimum Gasteiger partial charge on any atom is -0.508 e. The molecule has 2 N–H and O–H groups in total. The number of hydrogen-bond donors (Lipinski definition) is 2. The van der Waals surface area contributed by atoms with E-state index in [9.17, 15) is 9.90 Å². The number of rotatable bonds is 3. The van der Waals surface area contributed by atoms with Crippen molar-refractivity contribution in [1.29, 1.82) is 0 Å². The first-order valence-corrected chi connectivity index (χ1v) is 6.26. The molecule has 4 nitrogen and oxygen atoms in total. The largest absolute Gasteiger partial charge is 0.508 e. The third-order valence-corrected chi connectivity index (χ3v) is 3.02. The Kier molecular flexibility index (Phi) is 4.15. The van der Waals surface area contributed by atoms with E-state index in [1.165, 1.54) is 23.3 Å². The molecule has 0 heterocycles. The highest BCUT2D eigenvalue weighted by Gasteiger charge is 2.04. The Bertz CT molecular complexity index is 663. The van der Waals surface area contributed by atoms with Crippen LogP contribution in [0.25, 0.3) is 0 Å². The molecule has 0 saturated carbocycles. The van der Waals surface area contributed by atoms with E-state index in [1.54, 1.807) is 18.3 Å². The first-order valence-electron chi connectivity index (χ1n) is 6.26. The number of nitrogens with one attached hydrogen (secondary N) is 1. The molecule has 0 saturated heterocycles. The average molecular weight is 268 g/mol. The fourth-order valence-corrected chi connectivity index (χ4v) is 1.72. The fourth-order valence-electron chi connectivity index (χ4n) is 1.72. The van der Waals surface area contributed by atoms with Crippen LogP contribution in [0, 0.1) is 13.8 Å². The summed E-state index contributed by atoms with van der Waals surface area (Å²) in [5.41, 5.74) is 6.10. The molecule has 0 aromatic heterocycles. The van der Waals surface area contributed by atoms with E-state index >= 15 is 0 Å². The van der Waals surface area contributed by atoms with Crippen LogP contribution in [-0.2, 0) is 0 Å². The summed E-state index contributed by atoms with van der Waals surface area (Å²) >= 11 is 0. The number of hydrazone groups is 1. The lowest BCUT2D eigenvalue weighted by atomic mass is 10.1. The first kappa shape index (κ1) is 13.8. The normalized spacial score (nSPS) is 10.7. The van der Waals surface area contributed by atoms with Gasteiger partial charge in [-0.2, -0.15) is 5.10 Å². The van der Waals surface area contributed by atoms with Gasteiger partial charge in [-0.05, 0) is 48.7 Å². The van der Waals surface area contributed by atoms with Gasteiger partial charge in [-0.1, -0.05) is 24.3 Å². The van der Waals surface area contributed by atoms with Crippen LogP contribution in [0.1, 0.15) is 27.0 Å². The number of aromatic hydroxyl groups is 1. The molecule has 20 heavy (non-hydrogen) atoms. The molecule has 0 aliphatic carbocycles. The molecule has 2 rings (SSSR count). The van der Waals surface area contributed by atoms with Crippen LogP contribution in [0.5, 0.6) is 5.75 Å². The van der Waals surface area contributed by atoms with Crippen molar-refractivity contribution in [2.45, 2.75) is 13.8 Å². The highest BCUT2D eigenvalue weighted by molar-refractivity contribution is 5.95. The summed E-state index contributed by atoms with van der Waals surface area (Å²) in [6, 6.07) is 12.1. The standard InChI is InChI=1S/C16H16N2O2/c1-11-6-7-13(8-12(11)2)10-17-18-16(20)14-4-3-5-15(19)9-14/h3-10,19H,1-2H3,(H,18,20). The number of carbonyl (C=O) groups excluding carboxylic acids is 1. The van der Waals surface area contributed by atoms with Gasteiger partial charge in [0.1, 0.15) is 5.75 Å². The highest BCUT2D eigenvalue weighted by Crippen LogP contribution is 2.10. The Labute approximate surface area is 117 Å². The predicted molar refractivity (Wildman–Crippen MR) is 79.1 cm³/mol. The maximum atomic E-state index is 11.8. The van der Waals surface area contributed by atoms with E-state index < -0.39 is 0 Å². The smallest absolute Gasteiger partial charge is 0.271 e. The molecule has 0 spiro atoms. The number of benzene rings is 2. The lowest BCUT2D eigenvalue weighted by molar-refractivity contribution is 0.0954.